The number of nitrogens with zero attached hydrogens (tertiary/aromatic N) is 4. The van der Waals surface area contributed by atoms with Crippen LogP contribution in [-0.2, 0) is 16.5 Å². The first kappa shape index (κ1) is 14.7. The number of ether oxygens (including phenoxy) is 2. The number of anilines is 1. The summed E-state index contributed by atoms with van der Waals surface area (Å²) < 4.78 is 12.9. The van der Waals surface area contributed by atoms with Gasteiger partial charge in [-0.15, -0.1) is 0 Å². The third-order valence-electron chi connectivity index (χ3n) is 4.65. The Labute approximate surface area is 135 Å². The second-order valence-corrected chi connectivity index (χ2v) is 6.20. The molecule has 0 N–H and O–H groups in total. The monoisotopic (exact) mass is 314 g/mol. The van der Waals surface area contributed by atoms with Gasteiger partial charge in [0.1, 0.15) is 11.3 Å². The van der Waals surface area contributed by atoms with E-state index in [1.165, 1.54) is 11.1 Å². The van der Waals surface area contributed by atoms with E-state index >= 15 is 0 Å². The maximum Gasteiger partial charge on any atom is 0.130 e. The van der Waals surface area contributed by atoms with Gasteiger partial charge in [-0.05, 0) is 25.0 Å². The number of aromatic nitrogens is 3. The van der Waals surface area contributed by atoms with Crippen LogP contribution in [0, 0.1) is 0 Å². The van der Waals surface area contributed by atoms with E-state index in [9.17, 15) is 0 Å². The van der Waals surface area contributed by atoms with Crippen LogP contribution in [-0.4, -0.2) is 53.8 Å². The van der Waals surface area contributed by atoms with Crippen molar-refractivity contribution in [3.63, 3.8) is 0 Å². The number of pyridine rings is 1. The van der Waals surface area contributed by atoms with Crippen molar-refractivity contribution in [3.8, 4) is 0 Å². The van der Waals surface area contributed by atoms with E-state index in [0.717, 1.165) is 49.6 Å². The smallest absolute Gasteiger partial charge is 0.130 e. The molecule has 1 saturated heterocycles. The van der Waals surface area contributed by atoms with Gasteiger partial charge in [-0.3, -0.25) is 4.68 Å². The Morgan fingerprint density at radius 2 is 2.17 bits per heavy atom. The lowest BCUT2D eigenvalue weighted by atomic mass is 10.0. The molecule has 6 heteroatoms. The molecule has 122 valence electrons. The number of fused-ring (bicyclic) bond motifs is 1. The standard InChI is InChI=1S/C17H22N4O2/c1-12-11-23-8-5-21(12)16-9-14(13-3-6-22-7-4-13)17-15(19-16)10-18-20(17)2/h3,9-10,12H,4-8,11H2,1-2H3/t12-/m1/s1. The van der Waals surface area contributed by atoms with Gasteiger partial charge < -0.3 is 14.4 Å². The number of hydrogen-bond acceptors (Lipinski definition) is 5. The Kier molecular flexibility index (Phi) is 3.79. The predicted octanol–water partition coefficient (Wildman–Crippen LogP) is 2.00. The van der Waals surface area contributed by atoms with Crippen molar-refractivity contribution >= 4 is 22.4 Å². The summed E-state index contributed by atoms with van der Waals surface area (Å²) in [4.78, 5) is 7.19. The van der Waals surface area contributed by atoms with Crippen LogP contribution in [0.1, 0.15) is 18.9 Å². The lowest BCUT2D eigenvalue weighted by Crippen LogP contribution is -2.44. The summed E-state index contributed by atoms with van der Waals surface area (Å²) in [6.45, 7) is 6.02. The zero-order chi connectivity index (χ0) is 15.8. The molecule has 0 spiro atoms. The summed E-state index contributed by atoms with van der Waals surface area (Å²) >= 11 is 0. The summed E-state index contributed by atoms with van der Waals surface area (Å²) in [5.41, 5.74) is 4.61. The van der Waals surface area contributed by atoms with Gasteiger partial charge >= 0.3 is 0 Å². The molecule has 2 aromatic heterocycles. The zero-order valence-electron chi connectivity index (χ0n) is 13.7. The highest BCUT2D eigenvalue weighted by molar-refractivity contribution is 5.90. The quantitative estimate of drug-likeness (QED) is 0.848. The highest BCUT2D eigenvalue weighted by Crippen LogP contribution is 2.31. The van der Waals surface area contributed by atoms with Crippen LogP contribution in [0.25, 0.3) is 16.6 Å². The predicted molar refractivity (Wildman–Crippen MR) is 89.5 cm³/mol. The average Bonchev–Trinajstić information content (AvgIpc) is 2.96. The molecule has 2 aromatic rings. The number of rotatable bonds is 2. The van der Waals surface area contributed by atoms with Crippen LogP contribution in [0.5, 0.6) is 0 Å². The van der Waals surface area contributed by atoms with Gasteiger partial charge in [-0.25, -0.2) is 4.98 Å². The molecule has 0 radical (unpaired) electrons. The molecule has 0 saturated carbocycles. The molecular weight excluding hydrogens is 292 g/mol. The lowest BCUT2D eigenvalue weighted by Gasteiger charge is -2.34. The SMILES string of the molecule is C[C@@H]1COCCN1c1cc(C2=CCOCC2)c2c(cnn2C)n1. The molecule has 4 rings (SSSR count). The Morgan fingerprint density at radius 3 is 2.96 bits per heavy atom. The minimum Gasteiger partial charge on any atom is -0.377 e. The fourth-order valence-electron chi connectivity index (χ4n) is 3.40. The minimum atomic E-state index is 0.335. The van der Waals surface area contributed by atoms with E-state index in [2.05, 4.69) is 29.1 Å². The van der Waals surface area contributed by atoms with Crippen molar-refractivity contribution in [2.45, 2.75) is 19.4 Å². The highest BCUT2D eigenvalue weighted by atomic mass is 16.5. The summed E-state index contributed by atoms with van der Waals surface area (Å²) in [6.07, 6.45) is 4.97. The maximum absolute atomic E-state index is 5.56. The second-order valence-electron chi connectivity index (χ2n) is 6.20. The molecule has 4 heterocycles. The summed E-state index contributed by atoms with van der Waals surface area (Å²) in [6, 6.07) is 2.55. The van der Waals surface area contributed by atoms with Gasteiger partial charge in [-0.1, -0.05) is 6.08 Å². The first-order valence-corrected chi connectivity index (χ1v) is 8.18. The van der Waals surface area contributed by atoms with Crippen LogP contribution in [0.3, 0.4) is 0 Å². The minimum absolute atomic E-state index is 0.335. The highest BCUT2D eigenvalue weighted by Gasteiger charge is 2.23. The van der Waals surface area contributed by atoms with Gasteiger partial charge in [0.05, 0.1) is 44.2 Å². The van der Waals surface area contributed by atoms with Gasteiger partial charge in [0.25, 0.3) is 0 Å². The Morgan fingerprint density at radius 1 is 1.26 bits per heavy atom. The van der Waals surface area contributed by atoms with E-state index < -0.39 is 0 Å². The van der Waals surface area contributed by atoms with Crippen LogP contribution in [0.2, 0.25) is 0 Å². The normalized spacial score (nSPS) is 22.4. The molecule has 1 atom stereocenters. The average molecular weight is 314 g/mol. The molecule has 2 aliphatic heterocycles. The van der Waals surface area contributed by atoms with Gasteiger partial charge in [0, 0.05) is 19.2 Å². The largest absolute Gasteiger partial charge is 0.377 e. The molecule has 23 heavy (non-hydrogen) atoms. The van der Waals surface area contributed by atoms with E-state index in [1.54, 1.807) is 0 Å². The zero-order valence-corrected chi connectivity index (χ0v) is 13.7. The Hall–Kier alpha value is -1.92. The molecule has 0 unspecified atom stereocenters. The van der Waals surface area contributed by atoms with Crippen molar-refractivity contribution in [3.05, 3.63) is 23.9 Å². The number of aryl methyl sites for hydroxylation is 1. The first-order valence-electron chi connectivity index (χ1n) is 8.18. The Balaban J connectivity index is 1.85. The molecule has 0 bridgehead atoms. The maximum atomic E-state index is 5.56. The number of morpholine rings is 1. The molecule has 0 aliphatic carbocycles. The first-order chi connectivity index (χ1) is 11.2. The topological polar surface area (TPSA) is 52.4 Å². The molecule has 0 aromatic carbocycles. The van der Waals surface area contributed by atoms with Crippen molar-refractivity contribution < 1.29 is 9.47 Å². The van der Waals surface area contributed by atoms with Crippen LogP contribution < -0.4 is 4.90 Å². The van der Waals surface area contributed by atoms with E-state index in [0.29, 0.717) is 12.6 Å². The van der Waals surface area contributed by atoms with Crippen LogP contribution in [0.4, 0.5) is 5.82 Å². The lowest BCUT2D eigenvalue weighted by molar-refractivity contribution is 0.0985. The van der Waals surface area contributed by atoms with Crippen molar-refractivity contribution in [2.75, 3.05) is 37.9 Å². The summed E-state index contributed by atoms with van der Waals surface area (Å²) in [5.74, 6) is 1.02. The van der Waals surface area contributed by atoms with Gasteiger partial charge in [0.2, 0.25) is 0 Å². The number of hydrogen-bond donors (Lipinski definition) is 0. The van der Waals surface area contributed by atoms with Crippen molar-refractivity contribution in [2.24, 2.45) is 7.05 Å². The molecule has 6 nitrogen and oxygen atoms in total. The van der Waals surface area contributed by atoms with E-state index in [4.69, 9.17) is 14.5 Å². The van der Waals surface area contributed by atoms with Gasteiger partial charge in [0.15, 0.2) is 0 Å². The Bertz CT molecular complexity index is 752. The fourth-order valence-corrected chi connectivity index (χ4v) is 3.40. The van der Waals surface area contributed by atoms with Crippen molar-refractivity contribution in [1.82, 2.24) is 14.8 Å². The molecule has 1 fully saturated rings. The van der Waals surface area contributed by atoms with E-state index in [-0.39, 0.29) is 0 Å². The van der Waals surface area contributed by atoms with Crippen LogP contribution >= 0.6 is 0 Å². The summed E-state index contributed by atoms with van der Waals surface area (Å²) in [7, 11) is 1.98. The molecular formula is C17H22N4O2. The van der Waals surface area contributed by atoms with Crippen molar-refractivity contribution in [1.29, 1.82) is 0 Å². The van der Waals surface area contributed by atoms with Gasteiger partial charge in [-0.2, -0.15) is 5.10 Å². The van der Waals surface area contributed by atoms with Crippen LogP contribution in [0.15, 0.2) is 18.3 Å². The molecule has 2 aliphatic rings. The fraction of sp³-hybridized carbons (Fsp3) is 0.529. The third kappa shape index (κ3) is 2.62. The second kappa shape index (κ2) is 5.94. The summed E-state index contributed by atoms with van der Waals surface area (Å²) in [5, 5.41) is 4.41. The molecule has 0 amide bonds. The third-order valence-corrected chi connectivity index (χ3v) is 4.65. The van der Waals surface area contributed by atoms with E-state index in [1.807, 2.05) is 17.9 Å².